The molecule has 0 radical (unpaired) electrons. The van der Waals surface area contributed by atoms with Crippen LogP contribution in [-0.2, 0) is 11.2 Å². The van der Waals surface area contributed by atoms with Gasteiger partial charge in [0.15, 0.2) is 18.1 Å². The van der Waals surface area contributed by atoms with E-state index in [0.717, 1.165) is 4.47 Å². The molecule has 37 heavy (non-hydrogen) atoms. The summed E-state index contributed by atoms with van der Waals surface area (Å²) < 4.78 is 13.5. The summed E-state index contributed by atoms with van der Waals surface area (Å²) in [6, 6.07) is 17.4. The van der Waals surface area contributed by atoms with Crippen LogP contribution in [0.25, 0.3) is 10.9 Å². The molecular formula is C27H24BrClN4O4. The van der Waals surface area contributed by atoms with E-state index in [9.17, 15) is 9.59 Å². The lowest BCUT2D eigenvalue weighted by Gasteiger charge is -2.13. The first-order valence-electron chi connectivity index (χ1n) is 11.6. The van der Waals surface area contributed by atoms with Crippen LogP contribution in [0.15, 0.2) is 75.0 Å². The molecule has 1 heterocycles. The summed E-state index contributed by atoms with van der Waals surface area (Å²) in [4.78, 5) is 30.0. The van der Waals surface area contributed by atoms with E-state index in [2.05, 4.69) is 31.3 Å². The molecule has 8 nitrogen and oxygen atoms in total. The minimum Gasteiger partial charge on any atom is -0.490 e. The SMILES string of the molecule is CCOc1cc(C=Nn2c(CC)nc3ccc(Br)cc3c2=O)ccc1OCC(=O)Nc1ccc(Cl)cc1. The molecule has 190 valence electrons. The van der Waals surface area contributed by atoms with E-state index in [-0.39, 0.29) is 18.1 Å². The Bertz CT molecular complexity index is 1520. The summed E-state index contributed by atoms with van der Waals surface area (Å²) in [5.41, 5.74) is 1.67. The van der Waals surface area contributed by atoms with Crippen LogP contribution in [0.3, 0.4) is 0 Å². The molecule has 0 atom stereocenters. The number of carbonyl (C=O) groups is 1. The van der Waals surface area contributed by atoms with Crippen LogP contribution < -0.4 is 20.3 Å². The second-order valence-corrected chi connectivity index (χ2v) is 9.24. The lowest BCUT2D eigenvalue weighted by Crippen LogP contribution is -2.22. The van der Waals surface area contributed by atoms with Gasteiger partial charge < -0.3 is 14.8 Å². The summed E-state index contributed by atoms with van der Waals surface area (Å²) in [6.45, 7) is 3.96. The van der Waals surface area contributed by atoms with Gasteiger partial charge in [0.25, 0.3) is 11.5 Å². The van der Waals surface area contributed by atoms with Crippen LogP contribution in [-0.4, -0.2) is 35.0 Å². The normalized spacial score (nSPS) is 11.1. The topological polar surface area (TPSA) is 94.8 Å². The molecule has 0 fully saturated rings. The molecule has 0 spiro atoms. The number of anilines is 1. The van der Waals surface area contributed by atoms with Crippen LogP contribution in [0.5, 0.6) is 11.5 Å². The number of carbonyl (C=O) groups excluding carboxylic acids is 1. The van der Waals surface area contributed by atoms with Gasteiger partial charge in [-0.05, 0) is 73.2 Å². The van der Waals surface area contributed by atoms with Gasteiger partial charge in [-0.2, -0.15) is 9.78 Å². The highest BCUT2D eigenvalue weighted by atomic mass is 79.9. The van der Waals surface area contributed by atoms with Crippen molar-refractivity contribution in [1.82, 2.24) is 9.66 Å². The zero-order chi connectivity index (χ0) is 26.4. The van der Waals surface area contributed by atoms with Crippen LogP contribution in [0.1, 0.15) is 25.2 Å². The Morgan fingerprint density at radius 1 is 1.08 bits per heavy atom. The number of fused-ring (bicyclic) bond motifs is 1. The van der Waals surface area contributed by atoms with Gasteiger partial charge in [0, 0.05) is 21.6 Å². The molecule has 0 aliphatic heterocycles. The molecule has 4 rings (SSSR count). The smallest absolute Gasteiger partial charge is 0.282 e. The highest BCUT2D eigenvalue weighted by Gasteiger charge is 2.12. The fourth-order valence-electron chi connectivity index (χ4n) is 3.53. The Labute approximate surface area is 227 Å². The maximum absolute atomic E-state index is 13.1. The standard InChI is InChI=1S/C27H24BrClN4O4/c1-3-25-32-22-11-6-18(28)14-21(22)27(35)33(25)30-15-17-5-12-23(24(13-17)36-4-2)37-16-26(34)31-20-9-7-19(29)8-10-20/h5-15H,3-4,16H2,1-2H3,(H,31,34). The van der Waals surface area contributed by atoms with E-state index in [1.807, 2.05) is 19.9 Å². The zero-order valence-electron chi connectivity index (χ0n) is 20.2. The summed E-state index contributed by atoms with van der Waals surface area (Å²) in [5, 5.41) is 8.22. The fourth-order valence-corrected chi connectivity index (χ4v) is 4.02. The van der Waals surface area contributed by atoms with Crippen molar-refractivity contribution in [2.24, 2.45) is 5.10 Å². The van der Waals surface area contributed by atoms with Crippen LogP contribution >= 0.6 is 27.5 Å². The average molecular weight is 584 g/mol. The molecule has 0 saturated heterocycles. The third kappa shape index (κ3) is 6.55. The minimum absolute atomic E-state index is 0.205. The second kappa shape index (κ2) is 12.0. The van der Waals surface area contributed by atoms with Crippen LogP contribution in [0.2, 0.25) is 5.02 Å². The number of hydrogen-bond acceptors (Lipinski definition) is 6. The van der Waals surface area contributed by atoms with E-state index in [1.54, 1.807) is 60.8 Å². The Balaban J connectivity index is 1.53. The molecule has 0 bridgehead atoms. The average Bonchev–Trinajstić information content (AvgIpc) is 2.89. The molecule has 4 aromatic rings. The third-order valence-corrected chi connectivity index (χ3v) is 6.01. The summed E-state index contributed by atoms with van der Waals surface area (Å²) in [7, 11) is 0. The van der Waals surface area contributed by atoms with E-state index >= 15 is 0 Å². The summed E-state index contributed by atoms with van der Waals surface area (Å²) >= 11 is 9.28. The van der Waals surface area contributed by atoms with Crippen LogP contribution in [0, 0.1) is 0 Å². The Morgan fingerprint density at radius 2 is 1.86 bits per heavy atom. The van der Waals surface area contributed by atoms with E-state index in [4.69, 9.17) is 21.1 Å². The number of nitrogens with one attached hydrogen (secondary N) is 1. The number of nitrogens with zero attached hydrogens (tertiary/aromatic N) is 3. The van der Waals surface area contributed by atoms with Gasteiger partial charge in [-0.15, -0.1) is 0 Å². The molecule has 1 aromatic heterocycles. The maximum Gasteiger partial charge on any atom is 0.282 e. The lowest BCUT2D eigenvalue weighted by molar-refractivity contribution is -0.118. The molecule has 0 saturated carbocycles. The van der Waals surface area contributed by atoms with Gasteiger partial charge in [0.05, 0.1) is 23.7 Å². The van der Waals surface area contributed by atoms with Crippen molar-refractivity contribution < 1.29 is 14.3 Å². The summed E-state index contributed by atoms with van der Waals surface area (Å²) in [5.74, 6) is 1.09. The van der Waals surface area contributed by atoms with E-state index < -0.39 is 0 Å². The highest BCUT2D eigenvalue weighted by molar-refractivity contribution is 9.10. The number of ether oxygens (including phenoxy) is 2. The van der Waals surface area contributed by atoms with Crippen molar-refractivity contribution in [3.63, 3.8) is 0 Å². The monoisotopic (exact) mass is 582 g/mol. The van der Waals surface area contributed by atoms with Gasteiger partial charge in [0.1, 0.15) is 5.82 Å². The third-order valence-electron chi connectivity index (χ3n) is 5.27. The molecule has 0 unspecified atom stereocenters. The zero-order valence-corrected chi connectivity index (χ0v) is 22.5. The van der Waals surface area contributed by atoms with Crippen molar-refractivity contribution in [1.29, 1.82) is 0 Å². The number of aryl methyl sites for hydroxylation is 1. The van der Waals surface area contributed by atoms with Crippen molar-refractivity contribution in [2.75, 3.05) is 18.5 Å². The number of benzene rings is 3. The van der Waals surface area contributed by atoms with E-state index in [1.165, 1.54) is 4.68 Å². The molecular weight excluding hydrogens is 560 g/mol. The van der Waals surface area contributed by atoms with Crippen molar-refractivity contribution in [3.8, 4) is 11.5 Å². The number of rotatable bonds is 9. The van der Waals surface area contributed by atoms with Crippen molar-refractivity contribution >= 4 is 56.2 Å². The van der Waals surface area contributed by atoms with Crippen molar-refractivity contribution in [2.45, 2.75) is 20.3 Å². The quantitative estimate of drug-likeness (QED) is 0.256. The predicted octanol–water partition coefficient (Wildman–Crippen LogP) is 5.67. The van der Waals surface area contributed by atoms with Gasteiger partial charge in [-0.3, -0.25) is 9.59 Å². The lowest BCUT2D eigenvalue weighted by atomic mass is 10.2. The van der Waals surface area contributed by atoms with E-state index in [0.29, 0.717) is 57.5 Å². The number of aromatic nitrogens is 2. The number of hydrogen-bond donors (Lipinski definition) is 1. The number of amides is 1. The first-order chi connectivity index (χ1) is 17.9. The second-order valence-electron chi connectivity index (χ2n) is 7.89. The minimum atomic E-state index is -0.322. The number of halogens is 2. The highest BCUT2D eigenvalue weighted by Crippen LogP contribution is 2.28. The Kier molecular flexibility index (Phi) is 8.58. The molecule has 0 aliphatic rings. The molecule has 10 heteroatoms. The van der Waals surface area contributed by atoms with Gasteiger partial charge in [-0.1, -0.05) is 34.5 Å². The van der Waals surface area contributed by atoms with Gasteiger partial charge in [-0.25, -0.2) is 4.98 Å². The Hall–Kier alpha value is -3.69. The molecule has 1 amide bonds. The first-order valence-corrected chi connectivity index (χ1v) is 12.8. The fraction of sp³-hybridized carbons (Fsp3) is 0.185. The van der Waals surface area contributed by atoms with Gasteiger partial charge in [0.2, 0.25) is 0 Å². The molecule has 0 aliphatic carbocycles. The van der Waals surface area contributed by atoms with Crippen molar-refractivity contribution in [3.05, 3.63) is 91.9 Å². The molecule has 3 aromatic carbocycles. The predicted molar refractivity (Wildman–Crippen MR) is 149 cm³/mol. The maximum atomic E-state index is 13.1. The first kappa shape index (κ1) is 26.4. The molecule has 1 N–H and O–H groups in total. The van der Waals surface area contributed by atoms with Crippen LogP contribution in [0.4, 0.5) is 5.69 Å². The summed E-state index contributed by atoms with van der Waals surface area (Å²) in [6.07, 6.45) is 2.10. The largest absolute Gasteiger partial charge is 0.490 e. The Morgan fingerprint density at radius 3 is 2.59 bits per heavy atom. The van der Waals surface area contributed by atoms with Gasteiger partial charge >= 0.3 is 0 Å².